The molecule has 0 fully saturated rings. The van der Waals surface area contributed by atoms with Gasteiger partial charge >= 0.3 is 13.8 Å². The molecule has 148 valence electrons. The van der Waals surface area contributed by atoms with Crippen LogP contribution in [0.25, 0.3) is 22.0 Å². The van der Waals surface area contributed by atoms with Crippen molar-refractivity contribution in [3.8, 4) is 11.1 Å². The number of pyridine rings is 1. The van der Waals surface area contributed by atoms with Gasteiger partial charge in [-0.25, -0.2) is 4.98 Å². The molecule has 0 N–H and O–H groups in total. The van der Waals surface area contributed by atoms with Gasteiger partial charge in [0.2, 0.25) is 0 Å². The van der Waals surface area contributed by atoms with Gasteiger partial charge in [0.25, 0.3) is 0 Å². The summed E-state index contributed by atoms with van der Waals surface area (Å²) in [7, 11) is -4.30. The number of para-hydroxylation sites is 1. The van der Waals surface area contributed by atoms with Gasteiger partial charge in [-0.15, -0.1) is 0 Å². The summed E-state index contributed by atoms with van der Waals surface area (Å²) in [5.74, 6) is 0. The van der Waals surface area contributed by atoms with Crippen LogP contribution in [0.3, 0.4) is 0 Å². The first-order valence-electron chi connectivity index (χ1n) is 8.77. The van der Waals surface area contributed by atoms with Gasteiger partial charge in [0.05, 0.1) is 18.7 Å². The van der Waals surface area contributed by atoms with E-state index in [2.05, 4.69) is 4.98 Å². The standard InChI is InChI=1S/C20H19F3NO3P/c1-3-26-28(25,27-4-2)18-17(14-10-6-5-7-11-14)15-12-8-9-13-16(15)24-19(18)20(21,22)23/h5-13H,3-4H2,1-2H3. The minimum absolute atomic E-state index is 0.0738. The molecule has 0 saturated carbocycles. The molecule has 0 bridgehead atoms. The second-order valence-corrected chi connectivity index (χ2v) is 7.86. The highest BCUT2D eigenvalue weighted by Crippen LogP contribution is 2.53. The molecule has 0 aliphatic heterocycles. The molecule has 0 atom stereocenters. The van der Waals surface area contributed by atoms with E-state index >= 15 is 0 Å². The summed E-state index contributed by atoms with van der Waals surface area (Å²) in [5, 5.41) is -0.107. The molecule has 1 heterocycles. The summed E-state index contributed by atoms with van der Waals surface area (Å²) in [5.41, 5.74) is -0.475. The van der Waals surface area contributed by atoms with E-state index in [4.69, 9.17) is 9.05 Å². The van der Waals surface area contributed by atoms with Crippen molar-refractivity contribution in [2.24, 2.45) is 0 Å². The van der Waals surface area contributed by atoms with Gasteiger partial charge in [0.1, 0.15) is 5.30 Å². The van der Waals surface area contributed by atoms with Crippen molar-refractivity contribution in [1.29, 1.82) is 0 Å². The zero-order valence-electron chi connectivity index (χ0n) is 15.4. The molecule has 0 aliphatic carbocycles. The van der Waals surface area contributed by atoms with Gasteiger partial charge in [-0.05, 0) is 25.5 Å². The highest BCUT2D eigenvalue weighted by Gasteiger charge is 2.45. The quantitative estimate of drug-likeness (QED) is 0.482. The molecular weight excluding hydrogens is 390 g/mol. The van der Waals surface area contributed by atoms with E-state index < -0.39 is 24.8 Å². The van der Waals surface area contributed by atoms with Crippen LogP contribution in [0.4, 0.5) is 13.2 Å². The molecule has 1 aromatic heterocycles. The van der Waals surface area contributed by atoms with Crippen molar-refractivity contribution in [3.63, 3.8) is 0 Å². The highest BCUT2D eigenvalue weighted by atomic mass is 31.2. The van der Waals surface area contributed by atoms with E-state index in [0.29, 0.717) is 10.9 Å². The summed E-state index contributed by atoms with van der Waals surface area (Å²) in [4.78, 5) is 3.81. The third kappa shape index (κ3) is 3.83. The average molecular weight is 409 g/mol. The Bertz CT molecular complexity index is 1010. The number of alkyl halides is 3. The number of fused-ring (bicyclic) bond motifs is 1. The SMILES string of the molecule is CCOP(=O)(OCC)c1c(C(F)(F)F)nc2ccccc2c1-c1ccccc1. The molecule has 8 heteroatoms. The molecule has 28 heavy (non-hydrogen) atoms. The van der Waals surface area contributed by atoms with Crippen LogP contribution in [0.2, 0.25) is 0 Å². The number of rotatable bonds is 6. The van der Waals surface area contributed by atoms with Crippen LogP contribution in [0.5, 0.6) is 0 Å². The van der Waals surface area contributed by atoms with Crippen LogP contribution in [-0.4, -0.2) is 18.2 Å². The van der Waals surface area contributed by atoms with Crippen LogP contribution in [-0.2, 0) is 19.8 Å². The van der Waals surface area contributed by atoms with Crippen LogP contribution < -0.4 is 5.30 Å². The zero-order valence-corrected chi connectivity index (χ0v) is 16.3. The first-order valence-corrected chi connectivity index (χ1v) is 10.3. The molecule has 0 amide bonds. The summed E-state index contributed by atoms with van der Waals surface area (Å²) in [6, 6.07) is 14.9. The normalized spacial score (nSPS) is 12.5. The second kappa shape index (κ2) is 8.03. The molecule has 4 nitrogen and oxygen atoms in total. The number of benzene rings is 2. The topological polar surface area (TPSA) is 48.4 Å². The Hall–Kier alpha value is -2.21. The molecule has 2 aromatic carbocycles. The maximum atomic E-state index is 14.0. The van der Waals surface area contributed by atoms with Gasteiger partial charge in [-0.2, -0.15) is 13.2 Å². The van der Waals surface area contributed by atoms with Crippen LogP contribution in [0, 0.1) is 0 Å². The molecule has 0 unspecified atom stereocenters. The Labute approximate surface area is 160 Å². The smallest absolute Gasteiger partial charge is 0.305 e. The van der Waals surface area contributed by atoms with Gasteiger partial charge in [0.15, 0.2) is 5.69 Å². The van der Waals surface area contributed by atoms with E-state index in [-0.39, 0.29) is 24.3 Å². The average Bonchev–Trinajstić information content (AvgIpc) is 2.67. The monoisotopic (exact) mass is 409 g/mol. The number of hydrogen-bond donors (Lipinski definition) is 0. The summed E-state index contributed by atoms with van der Waals surface area (Å²) >= 11 is 0. The summed E-state index contributed by atoms with van der Waals surface area (Å²) in [6.45, 7) is 2.95. The first kappa shape index (κ1) is 20.5. The number of hydrogen-bond acceptors (Lipinski definition) is 4. The van der Waals surface area contributed by atoms with E-state index in [9.17, 15) is 17.7 Å². The predicted molar refractivity (Wildman–Crippen MR) is 103 cm³/mol. The maximum Gasteiger partial charge on any atom is 0.434 e. The van der Waals surface area contributed by atoms with E-state index in [1.54, 1.807) is 62.4 Å². The molecule has 3 rings (SSSR count). The molecule has 0 aliphatic rings. The number of aromatic nitrogens is 1. The lowest BCUT2D eigenvalue weighted by Crippen LogP contribution is -2.26. The van der Waals surface area contributed by atoms with Crippen molar-refractivity contribution < 1.29 is 26.8 Å². The number of nitrogens with zero attached hydrogens (tertiary/aromatic N) is 1. The van der Waals surface area contributed by atoms with Gasteiger partial charge < -0.3 is 9.05 Å². The van der Waals surface area contributed by atoms with Crippen molar-refractivity contribution >= 4 is 23.8 Å². The minimum Gasteiger partial charge on any atom is -0.305 e. The van der Waals surface area contributed by atoms with Crippen molar-refractivity contribution in [1.82, 2.24) is 4.98 Å². The Morgan fingerprint density at radius 2 is 1.50 bits per heavy atom. The fourth-order valence-electron chi connectivity index (χ4n) is 3.07. The highest BCUT2D eigenvalue weighted by molar-refractivity contribution is 7.62. The van der Waals surface area contributed by atoms with E-state index in [0.717, 1.165) is 0 Å². The molecule has 0 saturated heterocycles. The molecule has 0 spiro atoms. The minimum atomic E-state index is -4.84. The van der Waals surface area contributed by atoms with Crippen molar-refractivity contribution in [2.45, 2.75) is 20.0 Å². The Balaban J connectivity index is 2.53. The van der Waals surface area contributed by atoms with Gasteiger partial charge in [-0.1, -0.05) is 48.5 Å². The second-order valence-electron chi connectivity index (χ2n) is 5.90. The van der Waals surface area contributed by atoms with Crippen LogP contribution in [0.15, 0.2) is 54.6 Å². The Kier molecular flexibility index (Phi) is 5.89. The molecule has 3 aromatic rings. The third-order valence-electron chi connectivity index (χ3n) is 4.07. The lowest BCUT2D eigenvalue weighted by molar-refractivity contribution is -0.140. The lowest BCUT2D eigenvalue weighted by Gasteiger charge is -2.24. The fraction of sp³-hybridized carbons (Fsp3) is 0.250. The fourth-order valence-corrected chi connectivity index (χ4v) is 5.04. The van der Waals surface area contributed by atoms with Crippen LogP contribution >= 0.6 is 7.60 Å². The van der Waals surface area contributed by atoms with Gasteiger partial charge in [0, 0.05) is 10.9 Å². The Morgan fingerprint density at radius 3 is 2.07 bits per heavy atom. The Morgan fingerprint density at radius 1 is 0.929 bits per heavy atom. The lowest BCUT2D eigenvalue weighted by atomic mass is 10.00. The largest absolute Gasteiger partial charge is 0.434 e. The van der Waals surface area contributed by atoms with Gasteiger partial charge in [-0.3, -0.25) is 4.57 Å². The van der Waals surface area contributed by atoms with Crippen molar-refractivity contribution in [3.05, 3.63) is 60.3 Å². The van der Waals surface area contributed by atoms with Crippen LogP contribution in [0.1, 0.15) is 19.5 Å². The number of halogens is 3. The maximum absolute atomic E-state index is 14.0. The summed E-state index contributed by atoms with van der Waals surface area (Å²) in [6.07, 6.45) is -4.84. The third-order valence-corrected chi connectivity index (χ3v) is 6.25. The first-order chi connectivity index (χ1) is 13.3. The van der Waals surface area contributed by atoms with E-state index in [1.807, 2.05) is 0 Å². The summed E-state index contributed by atoms with van der Waals surface area (Å²) < 4.78 is 66.1. The zero-order chi connectivity index (χ0) is 20.4. The molecule has 0 radical (unpaired) electrons. The molecular formula is C20H19F3NO3P. The van der Waals surface area contributed by atoms with E-state index in [1.165, 1.54) is 6.07 Å². The van der Waals surface area contributed by atoms with Crippen molar-refractivity contribution in [2.75, 3.05) is 13.2 Å². The predicted octanol–water partition coefficient (Wildman–Crippen LogP) is 5.81.